The van der Waals surface area contributed by atoms with Crippen LogP contribution in [0.1, 0.15) is 20.3 Å². The Morgan fingerprint density at radius 2 is 2.40 bits per heavy atom. The lowest BCUT2D eigenvalue weighted by atomic mass is 9.96. The lowest BCUT2D eigenvalue weighted by Gasteiger charge is -2.42. The summed E-state index contributed by atoms with van der Waals surface area (Å²) in [5.41, 5.74) is 0. The molecule has 2 saturated heterocycles. The van der Waals surface area contributed by atoms with Gasteiger partial charge in [0.15, 0.2) is 5.79 Å². The normalized spacial score (nSPS) is 34.0. The van der Waals surface area contributed by atoms with E-state index in [0.717, 1.165) is 0 Å². The summed E-state index contributed by atoms with van der Waals surface area (Å²) in [6.07, 6.45) is 2.32. The molecule has 2 atom stereocenters. The average molecular weight is 211 g/mol. The van der Waals surface area contributed by atoms with Crippen LogP contribution >= 0.6 is 0 Å². The first-order chi connectivity index (χ1) is 7.03. The van der Waals surface area contributed by atoms with Crippen molar-refractivity contribution in [3.63, 3.8) is 0 Å². The van der Waals surface area contributed by atoms with Gasteiger partial charge in [-0.2, -0.15) is 0 Å². The summed E-state index contributed by atoms with van der Waals surface area (Å²) in [5.74, 6) is -0.336. The summed E-state index contributed by atoms with van der Waals surface area (Å²) in [5, 5.41) is 0. The highest BCUT2D eigenvalue weighted by molar-refractivity contribution is 5.83. The summed E-state index contributed by atoms with van der Waals surface area (Å²) >= 11 is 0. The van der Waals surface area contributed by atoms with Crippen LogP contribution < -0.4 is 0 Å². The van der Waals surface area contributed by atoms with Gasteiger partial charge in [0, 0.05) is 13.0 Å². The molecular formula is C11H17NO3. The first kappa shape index (κ1) is 10.6. The van der Waals surface area contributed by atoms with E-state index in [9.17, 15) is 4.79 Å². The Labute approximate surface area is 89.8 Å². The maximum Gasteiger partial charge on any atom is 0.225 e. The Balaban J connectivity index is 1.95. The topological polar surface area (TPSA) is 38.8 Å². The van der Waals surface area contributed by atoms with Crippen LogP contribution in [0.5, 0.6) is 0 Å². The summed E-state index contributed by atoms with van der Waals surface area (Å²) < 4.78 is 11.2. The molecule has 0 bridgehead atoms. The largest absolute Gasteiger partial charge is 0.348 e. The molecule has 2 rings (SSSR count). The summed E-state index contributed by atoms with van der Waals surface area (Å²) in [6.45, 7) is 8.60. The second-order valence-corrected chi connectivity index (χ2v) is 4.47. The van der Waals surface area contributed by atoms with Gasteiger partial charge in [-0.3, -0.25) is 4.79 Å². The van der Waals surface area contributed by atoms with E-state index in [4.69, 9.17) is 9.47 Å². The molecule has 2 aliphatic heterocycles. The predicted octanol–water partition coefficient (Wildman–Crippen LogP) is 0.925. The van der Waals surface area contributed by atoms with Gasteiger partial charge in [0.25, 0.3) is 0 Å². The summed E-state index contributed by atoms with van der Waals surface area (Å²) in [6, 6.07) is 0.164. The van der Waals surface area contributed by atoms with Gasteiger partial charge in [0.1, 0.15) is 6.10 Å². The molecule has 2 heterocycles. The maximum atomic E-state index is 11.3. The molecule has 4 nitrogen and oxygen atoms in total. The highest BCUT2D eigenvalue weighted by Crippen LogP contribution is 2.32. The van der Waals surface area contributed by atoms with E-state index in [0.29, 0.717) is 19.6 Å². The fourth-order valence-electron chi connectivity index (χ4n) is 2.09. The van der Waals surface area contributed by atoms with E-state index in [1.54, 1.807) is 11.0 Å². The molecule has 0 saturated carbocycles. The molecule has 1 amide bonds. The van der Waals surface area contributed by atoms with E-state index >= 15 is 0 Å². The summed E-state index contributed by atoms with van der Waals surface area (Å²) in [4.78, 5) is 13.1. The monoisotopic (exact) mass is 211 g/mol. The summed E-state index contributed by atoms with van der Waals surface area (Å²) in [7, 11) is 0. The van der Waals surface area contributed by atoms with Crippen LogP contribution in [0.4, 0.5) is 0 Å². The Hall–Kier alpha value is -0.870. The van der Waals surface area contributed by atoms with Crippen molar-refractivity contribution in [1.82, 2.24) is 4.90 Å². The van der Waals surface area contributed by atoms with Crippen LogP contribution in [0, 0.1) is 0 Å². The van der Waals surface area contributed by atoms with Crippen molar-refractivity contribution in [2.75, 3.05) is 13.2 Å². The fourth-order valence-corrected chi connectivity index (χ4v) is 2.09. The van der Waals surface area contributed by atoms with Gasteiger partial charge < -0.3 is 14.4 Å². The van der Waals surface area contributed by atoms with Crippen LogP contribution in [0.15, 0.2) is 12.7 Å². The molecule has 0 aromatic heterocycles. The SMILES string of the molecule is C=CCN1C(=O)C[C@H]1[C@@H]1COC(C)(C)O1. The second kappa shape index (κ2) is 3.61. The van der Waals surface area contributed by atoms with Crippen LogP contribution in [0.3, 0.4) is 0 Å². The quantitative estimate of drug-likeness (QED) is 0.515. The first-order valence-electron chi connectivity index (χ1n) is 5.25. The zero-order chi connectivity index (χ0) is 11.1. The number of ether oxygens (including phenoxy) is 2. The number of nitrogens with zero attached hydrogens (tertiary/aromatic N) is 1. The van der Waals surface area contributed by atoms with E-state index in [1.807, 2.05) is 13.8 Å². The van der Waals surface area contributed by atoms with Crippen LogP contribution in [-0.4, -0.2) is 41.9 Å². The number of amides is 1. The second-order valence-electron chi connectivity index (χ2n) is 4.47. The maximum absolute atomic E-state index is 11.3. The molecular weight excluding hydrogens is 194 g/mol. The Kier molecular flexibility index (Phi) is 2.56. The third kappa shape index (κ3) is 1.92. The lowest BCUT2D eigenvalue weighted by Crippen LogP contribution is -2.58. The Morgan fingerprint density at radius 3 is 2.87 bits per heavy atom. The number of hydrogen-bond acceptors (Lipinski definition) is 3. The highest BCUT2D eigenvalue weighted by atomic mass is 16.7. The van der Waals surface area contributed by atoms with Crippen LogP contribution in [-0.2, 0) is 14.3 Å². The minimum atomic E-state index is -0.511. The Morgan fingerprint density at radius 1 is 1.67 bits per heavy atom. The first-order valence-corrected chi connectivity index (χ1v) is 5.25. The predicted molar refractivity (Wildman–Crippen MR) is 55.2 cm³/mol. The molecule has 2 fully saturated rings. The third-order valence-electron chi connectivity index (χ3n) is 2.89. The van der Waals surface area contributed by atoms with E-state index in [-0.39, 0.29) is 18.1 Å². The zero-order valence-corrected chi connectivity index (χ0v) is 9.23. The molecule has 4 heteroatoms. The van der Waals surface area contributed by atoms with Gasteiger partial charge in [-0.05, 0) is 13.8 Å². The number of likely N-dealkylation sites (tertiary alicyclic amines) is 1. The van der Waals surface area contributed by atoms with Gasteiger partial charge in [-0.25, -0.2) is 0 Å². The molecule has 0 N–H and O–H groups in total. The van der Waals surface area contributed by atoms with Crippen LogP contribution in [0.25, 0.3) is 0 Å². The van der Waals surface area contributed by atoms with Crippen molar-refractivity contribution in [3.05, 3.63) is 12.7 Å². The van der Waals surface area contributed by atoms with Gasteiger partial charge >= 0.3 is 0 Å². The van der Waals surface area contributed by atoms with E-state index in [1.165, 1.54) is 0 Å². The molecule has 0 radical (unpaired) electrons. The molecule has 0 aromatic rings. The fraction of sp³-hybridized carbons (Fsp3) is 0.727. The van der Waals surface area contributed by atoms with Crippen LogP contribution in [0.2, 0.25) is 0 Å². The van der Waals surface area contributed by atoms with Crippen molar-refractivity contribution in [2.24, 2.45) is 0 Å². The van der Waals surface area contributed by atoms with Gasteiger partial charge in [-0.1, -0.05) is 6.08 Å². The average Bonchev–Trinajstić information content (AvgIpc) is 2.51. The molecule has 0 aromatic carbocycles. The van der Waals surface area contributed by atoms with Gasteiger partial charge in [0.2, 0.25) is 5.91 Å². The van der Waals surface area contributed by atoms with Gasteiger partial charge in [-0.15, -0.1) is 6.58 Å². The molecule has 0 unspecified atom stereocenters. The lowest BCUT2D eigenvalue weighted by molar-refractivity contribution is -0.167. The van der Waals surface area contributed by atoms with E-state index in [2.05, 4.69) is 6.58 Å². The number of hydrogen-bond donors (Lipinski definition) is 0. The molecule has 84 valence electrons. The van der Waals surface area contributed by atoms with Crippen molar-refractivity contribution in [2.45, 2.75) is 38.2 Å². The number of β-lactam (4-membered cyclic amide) rings is 1. The smallest absolute Gasteiger partial charge is 0.225 e. The van der Waals surface area contributed by atoms with Crippen molar-refractivity contribution in [1.29, 1.82) is 0 Å². The number of carbonyl (C=O) groups is 1. The standard InChI is InChI=1S/C11H17NO3/c1-4-5-12-8(6-10(12)13)9-7-14-11(2,3)15-9/h4,8-9H,1,5-7H2,2-3H3/t8-,9-/m0/s1. The van der Waals surface area contributed by atoms with Crippen molar-refractivity contribution >= 4 is 5.91 Å². The third-order valence-corrected chi connectivity index (χ3v) is 2.89. The number of carbonyl (C=O) groups excluding carboxylic acids is 1. The van der Waals surface area contributed by atoms with Gasteiger partial charge in [0.05, 0.1) is 12.6 Å². The number of rotatable bonds is 3. The zero-order valence-electron chi connectivity index (χ0n) is 9.23. The minimum Gasteiger partial charge on any atom is -0.348 e. The van der Waals surface area contributed by atoms with Crippen molar-refractivity contribution in [3.8, 4) is 0 Å². The molecule has 15 heavy (non-hydrogen) atoms. The van der Waals surface area contributed by atoms with Crippen molar-refractivity contribution < 1.29 is 14.3 Å². The molecule has 0 aliphatic carbocycles. The van der Waals surface area contributed by atoms with E-state index < -0.39 is 5.79 Å². The Bertz CT molecular complexity index is 288. The molecule has 2 aliphatic rings. The minimum absolute atomic E-state index is 0.0117. The highest BCUT2D eigenvalue weighted by Gasteiger charge is 2.46. The molecule has 0 spiro atoms.